The third-order valence-corrected chi connectivity index (χ3v) is 1.85. The molecule has 2 saturated heterocycles. The van der Waals surface area contributed by atoms with Crippen LogP contribution in [0.4, 0.5) is 4.79 Å². The van der Waals surface area contributed by atoms with Crippen molar-refractivity contribution in [3.05, 3.63) is 0 Å². The molecule has 72 valence electrons. The quantitative estimate of drug-likeness (QED) is 0.515. The van der Waals surface area contributed by atoms with Gasteiger partial charge in [0.2, 0.25) is 0 Å². The average Bonchev–Trinajstić information content (AvgIpc) is 2.53. The number of cyclic esters (lactones) is 3. The highest BCUT2D eigenvalue weighted by molar-refractivity contribution is 5.71. The van der Waals surface area contributed by atoms with Gasteiger partial charge in [-0.3, -0.25) is 0 Å². The first-order chi connectivity index (χ1) is 6.25. The molecule has 0 bridgehead atoms. The molecule has 0 aromatic carbocycles. The maximum Gasteiger partial charge on any atom is 0.508 e. The van der Waals surface area contributed by atoms with Gasteiger partial charge in [0.25, 0.3) is 0 Å². The van der Waals surface area contributed by atoms with Crippen molar-refractivity contribution in [3.63, 3.8) is 0 Å². The number of ether oxygens (including phenoxy) is 4. The van der Waals surface area contributed by atoms with Crippen LogP contribution in [0.1, 0.15) is 0 Å². The van der Waals surface area contributed by atoms with Gasteiger partial charge in [-0.15, -0.1) is 0 Å². The molecule has 0 amide bonds. The molecule has 0 N–H and O–H groups in total. The zero-order valence-corrected chi connectivity index (χ0v) is 6.73. The van der Waals surface area contributed by atoms with Crippen molar-refractivity contribution in [2.75, 3.05) is 19.8 Å². The zero-order chi connectivity index (χ0) is 9.26. The SMILES string of the molecule is O=C1COC(C2COC(=O)O2)CO1. The van der Waals surface area contributed by atoms with Crippen molar-refractivity contribution in [1.82, 2.24) is 0 Å². The molecule has 0 aromatic heterocycles. The van der Waals surface area contributed by atoms with E-state index >= 15 is 0 Å². The first-order valence-corrected chi connectivity index (χ1v) is 3.86. The predicted molar refractivity (Wildman–Crippen MR) is 36.9 cm³/mol. The van der Waals surface area contributed by atoms with Crippen LogP contribution in [0.3, 0.4) is 0 Å². The highest BCUT2D eigenvalue weighted by atomic mass is 16.8. The fourth-order valence-electron chi connectivity index (χ4n) is 1.18. The molecule has 6 nitrogen and oxygen atoms in total. The van der Waals surface area contributed by atoms with E-state index in [-0.39, 0.29) is 19.8 Å². The summed E-state index contributed by atoms with van der Waals surface area (Å²) in [6.07, 6.45) is -1.56. The maximum atomic E-state index is 10.6. The molecular formula is C7H8O6. The van der Waals surface area contributed by atoms with Gasteiger partial charge in [0.05, 0.1) is 0 Å². The predicted octanol–water partition coefficient (Wildman–Crippen LogP) is -0.536. The molecule has 2 aliphatic rings. The lowest BCUT2D eigenvalue weighted by atomic mass is 10.2. The van der Waals surface area contributed by atoms with E-state index in [1.807, 2.05) is 0 Å². The highest BCUT2D eigenvalue weighted by Crippen LogP contribution is 2.15. The van der Waals surface area contributed by atoms with Gasteiger partial charge >= 0.3 is 12.1 Å². The molecule has 2 unspecified atom stereocenters. The normalized spacial score (nSPS) is 33.5. The van der Waals surface area contributed by atoms with E-state index in [1.54, 1.807) is 0 Å². The van der Waals surface area contributed by atoms with E-state index in [0.717, 1.165) is 0 Å². The van der Waals surface area contributed by atoms with Crippen LogP contribution in [-0.2, 0) is 23.7 Å². The van der Waals surface area contributed by atoms with Crippen LogP contribution in [0.15, 0.2) is 0 Å². The van der Waals surface area contributed by atoms with Crippen LogP contribution in [0, 0.1) is 0 Å². The second-order valence-corrected chi connectivity index (χ2v) is 2.75. The molecule has 2 heterocycles. The average molecular weight is 188 g/mol. The van der Waals surface area contributed by atoms with Crippen molar-refractivity contribution in [1.29, 1.82) is 0 Å². The number of esters is 1. The number of hydrogen-bond donors (Lipinski definition) is 0. The third-order valence-electron chi connectivity index (χ3n) is 1.85. The summed E-state index contributed by atoms with van der Waals surface area (Å²) in [6.45, 7) is 0.167. The van der Waals surface area contributed by atoms with Crippen molar-refractivity contribution in [3.8, 4) is 0 Å². The molecular weight excluding hydrogens is 180 g/mol. The van der Waals surface area contributed by atoms with Crippen molar-refractivity contribution < 1.29 is 28.5 Å². The summed E-state index contributed by atoms with van der Waals surface area (Å²) in [7, 11) is 0. The van der Waals surface area contributed by atoms with Crippen molar-refractivity contribution in [2.45, 2.75) is 12.2 Å². The minimum Gasteiger partial charge on any atom is -0.461 e. The van der Waals surface area contributed by atoms with E-state index in [0.29, 0.717) is 0 Å². The van der Waals surface area contributed by atoms with Gasteiger partial charge in [-0.1, -0.05) is 0 Å². The molecule has 0 saturated carbocycles. The standard InChI is InChI=1S/C7H8O6/c8-6-3-10-4(1-11-6)5-2-12-7(9)13-5/h4-5H,1-3H2. The van der Waals surface area contributed by atoms with Gasteiger partial charge in [0.1, 0.15) is 25.9 Å². The van der Waals surface area contributed by atoms with E-state index < -0.39 is 24.3 Å². The summed E-state index contributed by atoms with van der Waals surface area (Å²) in [4.78, 5) is 21.2. The number of carbonyl (C=O) groups excluding carboxylic acids is 2. The van der Waals surface area contributed by atoms with Crippen LogP contribution in [0.2, 0.25) is 0 Å². The number of hydrogen-bond acceptors (Lipinski definition) is 6. The lowest BCUT2D eigenvalue weighted by molar-refractivity contribution is -0.175. The van der Waals surface area contributed by atoms with Crippen LogP contribution >= 0.6 is 0 Å². The first-order valence-electron chi connectivity index (χ1n) is 3.86. The Kier molecular flexibility index (Phi) is 2.05. The molecule has 0 aliphatic carbocycles. The molecule has 2 atom stereocenters. The molecule has 2 aliphatic heterocycles. The molecule has 13 heavy (non-hydrogen) atoms. The van der Waals surface area contributed by atoms with E-state index in [4.69, 9.17) is 14.2 Å². The minimum absolute atomic E-state index is 0.0985. The fourth-order valence-corrected chi connectivity index (χ4v) is 1.18. The summed E-state index contributed by atoms with van der Waals surface area (Å²) < 4.78 is 19.1. The molecule has 0 spiro atoms. The van der Waals surface area contributed by atoms with Crippen LogP contribution in [-0.4, -0.2) is 44.2 Å². The van der Waals surface area contributed by atoms with Crippen LogP contribution in [0.5, 0.6) is 0 Å². The van der Waals surface area contributed by atoms with Crippen molar-refractivity contribution >= 4 is 12.1 Å². The van der Waals surface area contributed by atoms with E-state index in [1.165, 1.54) is 0 Å². The summed E-state index contributed by atoms with van der Waals surface area (Å²) in [5, 5.41) is 0. The minimum atomic E-state index is -0.703. The Balaban J connectivity index is 1.87. The molecule has 0 radical (unpaired) electrons. The second kappa shape index (κ2) is 3.21. The Bertz CT molecular complexity index is 227. The van der Waals surface area contributed by atoms with Gasteiger partial charge in [-0.25, -0.2) is 9.59 Å². The fraction of sp³-hybridized carbons (Fsp3) is 0.714. The zero-order valence-electron chi connectivity index (χ0n) is 6.73. The Hall–Kier alpha value is -1.30. The summed E-state index contributed by atoms with van der Waals surface area (Å²) in [5.74, 6) is -0.401. The van der Waals surface area contributed by atoms with Crippen LogP contribution < -0.4 is 0 Å². The van der Waals surface area contributed by atoms with Crippen molar-refractivity contribution in [2.24, 2.45) is 0 Å². The maximum absolute atomic E-state index is 10.6. The molecule has 6 heteroatoms. The monoisotopic (exact) mass is 188 g/mol. The smallest absolute Gasteiger partial charge is 0.461 e. The molecule has 0 aromatic rings. The van der Waals surface area contributed by atoms with E-state index in [9.17, 15) is 9.59 Å². The number of rotatable bonds is 1. The van der Waals surface area contributed by atoms with Gasteiger partial charge < -0.3 is 18.9 Å². The van der Waals surface area contributed by atoms with Crippen LogP contribution in [0.25, 0.3) is 0 Å². The Morgan fingerprint density at radius 1 is 1.08 bits per heavy atom. The molecule has 2 fully saturated rings. The van der Waals surface area contributed by atoms with E-state index in [2.05, 4.69) is 4.74 Å². The Morgan fingerprint density at radius 2 is 1.85 bits per heavy atom. The third kappa shape index (κ3) is 1.72. The Labute approximate surface area is 73.7 Å². The molecule has 2 rings (SSSR count). The highest BCUT2D eigenvalue weighted by Gasteiger charge is 2.36. The topological polar surface area (TPSA) is 71.1 Å². The number of carbonyl (C=O) groups is 2. The lowest BCUT2D eigenvalue weighted by Crippen LogP contribution is -2.41. The second-order valence-electron chi connectivity index (χ2n) is 2.75. The first kappa shape index (κ1) is 8.31. The van der Waals surface area contributed by atoms with Gasteiger partial charge in [-0.05, 0) is 0 Å². The Morgan fingerprint density at radius 3 is 2.38 bits per heavy atom. The lowest BCUT2D eigenvalue weighted by Gasteiger charge is -2.24. The summed E-state index contributed by atoms with van der Waals surface area (Å²) in [5.41, 5.74) is 0. The summed E-state index contributed by atoms with van der Waals surface area (Å²) >= 11 is 0. The van der Waals surface area contributed by atoms with Gasteiger partial charge in [0.15, 0.2) is 6.10 Å². The van der Waals surface area contributed by atoms with Gasteiger partial charge in [0, 0.05) is 0 Å². The van der Waals surface area contributed by atoms with Gasteiger partial charge in [-0.2, -0.15) is 0 Å². The largest absolute Gasteiger partial charge is 0.508 e. The summed E-state index contributed by atoms with van der Waals surface area (Å²) in [6, 6.07) is 0.